The van der Waals surface area contributed by atoms with Gasteiger partial charge in [-0.1, -0.05) is 42.5 Å². The van der Waals surface area contributed by atoms with Gasteiger partial charge in [0.05, 0.1) is 10.9 Å². The number of carbonyl (C=O) groups is 1. The summed E-state index contributed by atoms with van der Waals surface area (Å²) in [6.45, 7) is 0.572. The molecular formula is C22H26N4O2. The highest BCUT2D eigenvalue weighted by atomic mass is 16.1. The fourth-order valence-electron chi connectivity index (χ4n) is 3.13. The van der Waals surface area contributed by atoms with E-state index < -0.39 is 0 Å². The second-order valence-corrected chi connectivity index (χ2v) is 7.14. The highest BCUT2D eigenvalue weighted by Crippen LogP contribution is 2.08. The first kappa shape index (κ1) is 19.8. The second-order valence-electron chi connectivity index (χ2n) is 7.14. The molecule has 2 N–H and O–H groups in total. The van der Waals surface area contributed by atoms with Crippen molar-refractivity contribution in [3.63, 3.8) is 0 Å². The first-order valence-corrected chi connectivity index (χ1v) is 9.48. The van der Waals surface area contributed by atoms with Gasteiger partial charge < -0.3 is 15.2 Å². The number of likely N-dealkylation sites (N-methyl/N-ethyl adjacent to an activating group) is 1. The van der Waals surface area contributed by atoms with Crippen LogP contribution in [-0.2, 0) is 17.6 Å². The summed E-state index contributed by atoms with van der Waals surface area (Å²) in [5.41, 5.74) is 1.72. The lowest BCUT2D eigenvalue weighted by Gasteiger charge is -2.24. The molecule has 1 heterocycles. The normalized spacial score (nSPS) is 12.2. The summed E-state index contributed by atoms with van der Waals surface area (Å²) in [5.74, 6) is 0.489. The fraction of sp³-hybridized carbons (Fsp3) is 0.318. The summed E-state index contributed by atoms with van der Waals surface area (Å²) in [7, 11) is 4.03. The van der Waals surface area contributed by atoms with E-state index >= 15 is 0 Å². The fourth-order valence-corrected chi connectivity index (χ4v) is 3.13. The average molecular weight is 378 g/mol. The lowest BCUT2D eigenvalue weighted by molar-refractivity contribution is -0.121. The van der Waals surface area contributed by atoms with Crippen LogP contribution in [0.5, 0.6) is 0 Å². The number of aromatic amines is 1. The number of aromatic nitrogens is 2. The van der Waals surface area contributed by atoms with Crippen LogP contribution in [0.25, 0.3) is 10.9 Å². The van der Waals surface area contributed by atoms with Gasteiger partial charge >= 0.3 is 0 Å². The minimum Gasteiger partial charge on any atom is -0.355 e. The maximum atomic E-state index is 12.3. The van der Waals surface area contributed by atoms with Crippen molar-refractivity contribution in [2.24, 2.45) is 0 Å². The third-order valence-corrected chi connectivity index (χ3v) is 4.83. The van der Waals surface area contributed by atoms with E-state index in [1.807, 2.05) is 44.4 Å². The Hall–Kier alpha value is -2.99. The zero-order valence-electron chi connectivity index (χ0n) is 16.3. The number of para-hydroxylation sites is 1. The largest absolute Gasteiger partial charge is 0.355 e. The summed E-state index contributed by atoms with van der Waals surface area (Å²) in [6, 6.07) is 17.7. The number of amides is 1. The van der Waals surface area contributed by atoms with Gasteiger partial charge in [-0.25, -0.2) is 4.98 Å². The Bertz CT molecular complexity index is 982. The van der Waals surface area contributed by atoms with Crippen molar-refractivity contribution in [1.29, 1.82) is 0 Å². The molecule has 0 radical (unpaired) electrons. The van der Waals surface area contributed by atoms with Crippen molar-refractivity contribution in [2.75, 3.05) is 20.6 Å². The lowest BCUT2D eigenvalue weighted by atomic mass is 10.1. The van der Waals surface area contributed by atoms with Crippen LogP contribution in [0.15, 0.2) is 59.4 Å². The van der Waals surface area contributed by atoms with Gasteiger partial charge in [-0.15, -0.1) is 0 Å². The molecule has 28 heavy (non-hydrogen) atoms. The van der Waals surface area contributed by atoms with Gasteiger partial charge in [-0.3, -0.25) is 9.59 Å². The molecule has 0 spiro atoms. The number of benzene rings is 2. The minimum absolute atomic E-state index is 0.0456. The number of aryl methyl sites for hydroxylation is 1. The predicted octanol–water partition coefficient (Wildman–Crippen LogP) is 2.14. The first-order valence-electron chi connectivity index (χ1n) is 9.48. The van der Waals surface area contributed by atoms with Crippen molar-refractivity contribution < 1.29 is 4.79 Å². The van der Waals surface area contributed by atoms with Crippen LogP contribution in [0.2, 0.25) is 0 Å². The number of nitrogens with zero attached hydrogens (tertiary/aromatic N) is 2. The van der Waals surface area contributed by atoms with Crippen molar-refractivity contribution >= 4 is 16.8 Å². The molecule has 3 aromatic rings. The summed E-state index contributed by atoms with van der Waals surface area (Å²) < 4.78 is 0. The first-order chi connectivity index (χ1) is 13.5. The van der Waals surface area contributed by atoms with Crippen molar-refractivity contribution in [3.05, 3.63) is 76.3 Å². The SMILES string of the molecule is CN(C)C(CNC(=O)CCc1nc2ccccc2c(=O)[nH]1)Cc1ccccc1. The van der Waals surface area contributed by atoms with Gasteiger partial charge in [0.25, 0.3) is 5.56 Å². The number of H-pyrrole nitrogens is 1. The Balaban J connectivity index is 1.54. The number of rotatable bonds is 8. The molecule has 6 nitrogen and oxygen atoms in total. The minimum atomic E-state index is -0.170. The number of carbonyl (C=O) groups excluding carboxylic acids is 1. The van der Waals surface area contributed by atoms with Gasteiger partial charge in [-0.05, 0) is 38.2 Å². The molecule has 0 fully saturated rings. The van der Waals surface area contributed by atoms with Gasteiger partial charge in [0.15, 0.2) is 0 Å². The van der Waals surface area contributed by atoms with Crippen LogP contribution < -0.4 is 10.9 Å². The summed E-state index contributed by atoms with van der Waals surface area (Å²) in [6.07, 6.45) is 1.55. The maximum absolute atomic E-state index is 12.3. The van der Waals surface area contributed by atoms with E-state index in [1.54, 1.807) is 12.1 Å². The molecule has 2 aromatic carbocycles. The second kappa shape index (κ2) is 9.28. The molecule has 3 rings (SSSR count). The van der Waals surface area contributed by atoms with Gasteiger partial charge in [0, 0.05) is 25.4 Å². The van der Waals surface area contributed by atoms with Gasteiger partial charge in [0.2, 0.25) is 5.91 Å². The standard InChI is InChI=1S/C22H26N4O2/c1-26(2)17(14-16-8-4-3-5-9-16)15-23-21(27)13-12-20-24-19-11-7-6-10-18(19)22(28)25-20/h3-11,17H,12-15H2,1-2H3,(H,23,27)(H,24,25,28). The van der Waals surface area contributed by atoms with E-state index in [9.17, 15) is 9.59 Å². The molecule has 0 aliphatic rings. The van der Waals surface area contributed by atoms with Crippen molar-refractivity contribution in [3.8, 4) is 0 Å². The Kier molecular flexibility index (Phi) is 6.55. The molecule has 0 bridgehead atoms. The maximum Gasteiger partial charge on any atom is 0.258 e. The molecule has 1 unspecified atom stereocenters. The van der Waals surface area contributed by atoms with Crippen LogP contribution in [0, 0.1) is 0 Å². The van der Waals surface area contributed by atoms with Crippen LogP contribution in [0.3, 0.4) is 0 Å². The predicted molar refractivity (Wildman–Crippen MR) is 111 cm³/mol. The molecule has 6 heteroatoms. The molecule has 1 atom stereocenters. The van der Waals surface area contributed by atoms with E-state index in [0.717, 1.165) is 6.42 Å². The third kappa shape index (κ3) is 5.27. The number of hydrogen-bond acceptors (Lipinski definition) is 4. The number of hydrogen-bond donors (Lipinski definition) is 2. The van der Waals surface area contributed by atoms with E-state index in [0.29, 0.717) is 29.7 Å². The van der Waals surface area contributed by atoms with E-state index in [2.05, 4.69) is 32.3 Å². The third-order valence-electron chi connectivity index (χ3n) is 4.83. The molecule has 146 valence electrons. The number of fused-ring (bicyclic) bond motifs is 1. The molecule has 1 amide bonds. The van der Waals surface area contributed by atoms with Crippen LogP contribution in [-0.4, -0.2) is 47.5 Å². The monoisotopic (exact) mass is 378 g/mol. The molecule has 0 aliphatic heterocycles. The smallest absolute Gasteiger partial charge is 0.258 e. The Morgan fingerprint density at radius 3 is 2.57 bits per heavy atom. The Morgan fingerprint density at radius 2 is 1.82 bits per heavy atom. The average Bonchev–Trinajstić information content (AvgIpc) is 2.70. The number of nitrogens with one attached hydrogen (secondary N) is 2. The summed E-state index contributed by atoms with van der Waals surface area (Å²) >= 11 is 0. The summed E-state index contributed by atoms with van der Waals surface area (Å²) in [4.78, 5) is 33.7. The van der Waals surface area contributed by atoms with E-state index in [-0.39, 0.29) is 23.9 Å². The lowest BCUT2D eigenvalue weighted by Crippen LogP contribution is -2.41. The highest BCUT2D eigenvalue weighted by molar-refractivity contribution is 5.78. The van der Waals surface area contributed by atoms with Crippen molar-refractivity contribution in [2.45, 2.75) is 25.3 Å². The van der Waals surface area contributed by atoms with Crippen LogP contribution in [0.1, 0.15) is 17.8 Å². The van der Waals surface area contributed by atoms with Crippen molar-refractivity contribution in [1.82, 2.24) is 20.2 Å². The molecule has 0 aliphatic carbocycles. The summed E-state index contributed by atoms with van der Waals surface area (Å²) in [5, 5.41) is 3.57. The molecule has 0 saturated carbocycles. The highest BCUT2D eigenvalue weighted by Gasteiger charge is 2.14. The Morgan fingerprint density at radius 1 is 1.11 bits per heavy atom. The Labute approximate surface area is 164 Å². The van der Waals surface area contributed by atoms with E-state index in [1.165, 1.54) is 5.56 Å². The van der Waals surface area contributed by atoms with Gasteiger partial charge in [-0.2, -0.15) is 0 Å². The van der Waals surface area contributed by atoms with Crippen LogP contribution in [0.4, 0.5) is 0 Å². The van der Waals surface area contributed by atoms with E-state index in [4.69, 9.17) is 0 Å². The molecular weight excluding hydrogens is 352 g/mol. The van der Waals surface area contributed by atoms with Gasteiger partial charge in [0.1, 0.15) is 5.82 Å². The molecule has 0 saturated heterocycles. The zero-order chi connectivity index (χ0) is 19.9. The molecule has 1 aromatic heterocycles. The topological polar surface area (TPSA) is 78.1 Å². The zero-order valence-corrected chi connectivity index (χ0v) is 16.3. The quantitative estimate of drug-likeness (QED) is 0.630. The van der Waals surface area contributed by atoms with Crippen LogP contribution >= 0.6 is 0 Å².